The average molecular weight is 243 g/mol. The minimum atomic E-state index is -0.483. The van der Waals surface area contributed by atoms with Gasteiger partial charge in [0, 0.05) is 0 Å². The largest absolute Gasteiger partial charge is 0.341 e. The SMILES string of the molecule is CCCCCCCCC(C(=O)ON=O)C(C)C. The molecule has 0 saturated heterocycles. The first kappa shape index (κ1) is 16.1. The van der Waals surface area contributed by atoms with Crippen LogP contribution >= 0.6 is 0 Å². The van der Waals surface area contributed by atoms with E-state index in [1.54, 1.807) is 0 Å². The fraction of sp³-hybridized carbons (Fsp3) is 0.923. The molecule has 1 atom stereocenters. The Labute approximate surface area is 104 Å². The van der Waals surface area contributed by atoms with E-state index in [-0.39, 0.29) is 11.8 Å². The minimum Gasteiger partial charge on any atom is -0.284 e. The molecular formula is C13H25NO3. The molecule has 0 saturated carbocycles. The van der Waals surface area contributed by atoms with Gasteiger partial charge < -0.3 is 0 Å². The van der Waals surface area contributed by atoms with Gasteiger partial charge in [0.1, 0.15) is 0 Å². The lowest BCUT2D eigenvalue weighted by atomic mass is 9.90. The molecule has 0 N–H and O–H groups in total. The number of hydrogen-bond donors (Lipinski definition) is 0. The fourth-order valence-corrected chi connectivity index (χ4v) is 1.97. The van der Waals surface area contributed by atoms with Crippen molar-refractivity contribution in [3.8, 4) is 0 Å². The zero-order chi connectivity index (χ0) is 13.1. The Bertz CT molecular complexity index is 217. The van der Waals surface area contributed by atoms with Crippen LogP contribution in [0.5, 0.6) is 0 Å². The average Bonchev–Trinajstić information content (AvgIpc) is 2.27. The van der Waals surface area contributed by atoms with E-state index in [4.69, 9.17) is 0 Å². The molecule has 0 spiro atoms. The Balaban J connectivity index is 3.78. The monoisotopic (exact) mass is 243 g/mol. The molecule has 17 heavy (non-hydrogen) atoms. The zero-order valence-electron chi connectivity index (χ0n) is 11.3. The molecule has 0 aliphatic rings. The van der Waals surface area contributed by atoms with Crippen molar-refractivity contribution < 1.29 is 9.63 Å². The highest BCUT2D eigenvalue weighted by molar-refractivity contribution is 5.72. The molecule has 0 aromatic rings. The van der Waals surface area contributed by atoms with Gasteiger partial charge in [-0.25, -0.2) is 4.79 Å². The summed E-state index contributed by atoms with van der Waals surface area (Å²) in [4.78, 5) is 25.5. The molecule has 0 amide bonds. The fourth-order valence-electron chi connectivity index (χ4n) is 1.97. The van der Waals surface area contributed by atoms with E-state index < -0.39 is 5.97 Å². The molecule has 0 aromatic heterocycles. The summed E-state index contributed by atoms with van der Waals surface area (Å²) in [5.74, 6) is -0.484. The molecular weight excluding hydrogens is 218 g/mol. The van der Waals surface area contributed by atoms with Gasteiger partial charge in [-0.15, -0.1) is 4.91 Å². The van der Waals surface area contributed by atoms with Gasteiger partial charge in [-0.05, 0) is 12.3 Å². The maximum Gasteiger partial charge on any atom is 0.341 e. The minimum absolute atomic E-state index is 0.194. The third kappa shape index (κ3) is 7.88. The Morgan fingerprint density at radius 3 is 2.24 bits per heavy atom. The van der Waals surface area contributed by atoms with Crippen molar-refractivity contribution in [2.75, 3.05) is 0 Å². The van der Waals surface area contributed by atoms with Crippen LogP contribution in [0.4, 0.5) is 0 Å². The number of carbonyl (C=O) groups is 1. The molecule has 0 fully saturated rings. The lowest BCUT2D eigenvalue weighted by Crippen LogP contribution is -2.21. The first-order chi connectivity index (χ1) is 8.13. The summed E-state index contributed by atoms with van der Waals surface area (Å²) in [6, 6.07) is 0. The van der Waals surface area contributed by atoms with Crippen LogP contribution in [-0.2, 0) is 9.63 Å². The molecule has 0 heterocycles. The summed E-state index contributed by atoms with van der Waals surface area (Å²) in [6.45, 7) is 6.12. The first-order valence-electron chi connectivity index (χ1n) is 6.67. The maximum absolute atomic E-state index is 11.4. The van der Waals surface area contributed by atoms with E-state index in [1.807, 2.05) is 13.8 Å². The van der Waals surface area contributed by atoms with Gasteiger partial charge in [-0.3, -0.25) is 4.84 Å². The molecule has 4 nitrogen and oxygen atoms in total. The number of unbranched alkanes of at least 4 members (excludes halogenated alkanes) is 5. The third-order valence-electron chi connectivity index (χ3n) is 3.10. The molecule has 0 aliphatic carbocycles. The van der Waals surface area contributed by atoms with E-state index >= 15 is 0 Å². The van der Waals surface area contributed by atoms with Crippen molar-refractivity contribution in [1.29, 1.82) is 0 Å². The summed E-state index contributed by atoms with van der Waals surface area (Å²) in [5, 5.41) is 2.21. The van der Waals surface area contributed by atoms with Gasteiger partial charge in [-0.1, -0.05) is 59.3 Å². The van der Waals surface area contributed by atoms with Crippen LogP contribution in [0.2, 0.25) is 0 Å². The number of hydrogen-bond acceptors (Lipinski definition) is 4. The summed E-state index contributed by atoms with van der Waals surface area (Å²) in [5.41, 5.74) is 0. The van der Waals surface area contributed by atoms with Gasteiger partial charge in [0.2, 0.25) is 0 Å². The summed E-state index contributed by atoms with van der Waals surface area (Å²) in [7, 11) is 0. The Morgan fingerprint density at radius 1 is 1.12 bits per heavy atom. The molecule has 0 aliphatic heterocycles. The molecule has 1 unspecified atom stereocenters. The van der Waals surface area contributed by atoms with E-state index in [1.165, 1.54) is 25.7 Å². The van der Waals surface area contributed by atoms with Crippen molar-refractivity contribution in [3.05, 3.63) is 4.91 Å². The van der Waals surface area contributed by atoms with E-state index in [9.17, 15) is 9.70 Å². The lowest BCUT2D eigenvalue weighted by molar-refractivity contribution is -0.150. The standard InChI is InChI=1S/C13H25NO3/c1-4-5-6-7-8-9-10-12(11(2)3)13(15)17-14-16/h11-12H,4-10H2,1-3H3. The number of nitrogens with zero attached hydrogens (tertiary/aromatic N) is 1. The van der Waals surface area contributed by atoms with Crippen LogP contribution in [-0.4, -0.2) is 5.97 Å². The topological polar surface area (TPSA) is 55.7 Å². The van der Waals surface area contributed by atoms with Crippen LogP contribution < -0.4 is 0 Å². The predicted molar refractivity (Wildman–Crippen MR) is 68.2 cm³/mol. The molecule has 0 bridgehead atoms. The van der Waals surface area contributed by atoms with Crippen LogP contribution in [0.3, 0.4) is 0 Å². The second-order valence-corrected chi connectivity index (χ2v) is 4.89. The summed E-state index contributed by atoms with van der Waals surface area (Å²) < 4.78 is 0. The lowest BCUT2D eigenvalue weighted by Gasteiger charge is -2.16. The molecule has 0 radical (unpaired) electrons. The summed E-state index contributed by atoms with van der Waals surface area (Å²) >= 11 is 0. The third-order valence-corrected chi connectivity index (χ3v) is 3.10. The number of rotatable bonds is 10. The van der Waals surface area contributed by atoms with Crippen molar-refractivity contribution in [1.82, 2.24) is 0 Å². The Kier molecular flexibility index (Phi) is 9.68. The molecule has 0 aromatic carbocycles. The number of carbonyl (C=O) groups excluding carboxylic acids is 1. The van der Waals surface area contributed by atoms with Crippen molar-refractivity contribution in [3.63, 3.8) is 0 Å². The van der Waals surface area contributed by atoms with Gasteiger partial charge >= 0.3 is 5.97 Å². The Morgan fingerprint density at radius 2 is 1.71 bits per heavy atom. The van der Waals surface area contributed by atoms with Crippen molar-refractivity contribution in [2.45, 2.75) is 65.7 Å². The highest BCUT2D eigenvalue weighted by atomic mass is 16.7. The molecule has 100 valence electrons. The quantitative estimate of drug-likeness (QED) is 0.327. The van der Waals surface area contributed by atoms with E-state index in [0.717, 1.165) is 19.3 Å². The van der Waals surface area contributed by atoms with Gasteiger partial charge in [0.25, 0.3) is 0 Å². The Hall–Kier alpha value is -0.930. The van der Waals surface area contributed by atoms with E-state index in [0.29, 0.717) is 0 Å². The van der Waals surface area contributed by atoms with Crippen molar-refractivity contribution >= 4 is 5.97 Å². The van der Waals surface area contributed by atoms with Crippen LogP contribution in [0.15, 0.2) is 5.34 Å². The highest BCUT2D eigenvalue weighted by Gasteiger charge is 2.23. The molecule has 4 heteroatoms. The molecule has 0 rings (SSSR count). The van der Waals surface area contributed by atoms with Gasteiger partial charge in [-0.2, -0.15) is 0 Å². The van der Waals surface area contributed by atoms with Crippen LogP contribution in [0.1, 0.15) is 65.7 Å². The smallest absolute Gasteiger partial charge is 0.284 e. The van der Waals surface area contributed by atoms with Crippen molar-refractivity contribution in [2.24, 2.45) is 17.2 Å². The second kappa shape index (κ2) is 10.2. The first-order valence-corrected chi connectivity index (χ1v) is 6.67. The van der Waals surface area contributed by atoms with Crippen LogP contribution in [0, 0.1) is 16.7 Å². The second-order valence-electron chi connectivity index (χ2n) is 4.89. The van der Waals surface area contributed by atoms with Gasteiger partial charge in [0.15, 0.2) is 5.34 Å². The normalized spacial score (nSPS) is 12.5. The zero-order valence-corrected chi connectivity index (χ0v) is 11.3. The highest BCUT2D eigenvalue weighted by Crippen LogP contribution is 2.21. The predicted octanol–water partition coefficient (Wildman–Crippen LogP) is 4.23. The maximum atomic E-state index is 11.4. The van der Waals surface area contributed by atoms with Crippen LogP contribution in [0.25, 0.3) is 0 Å². The summed E-state index contributed by atoms with van der Waals surface area (Å²) in [6.07, 6.45) is 7.96. The van der Waals surface area contributed by atoms with E-state index in [2.05, 4.69) is 17.1 Å². The van der Waals surface area contributed by atoms with Gasteiger partial charge in [0.05, 0.1) is 5.92 Å².